The van der Waals surface area contributed by atoms with Crippen LogP contribution >= 0.6 is 11.3 Å². The van der Waals surface area contributed by atoms with E-state index in [2.05, 4.69) is 17.2 Å². The topological polar surface area (TPSA) is 24.9 Å². The summed E-state index contributed by atoms with van der Waals surface area (Å²) in [7, 11) is 2.00. The van der Waals surface area contributed by atoms with Crippen molar-refractivity contribution in [3.05, 3.63) is 16.6 Å². The van der Waals surface area contributed by atoms with Gasteiger partial charge in [-0.1, -0.05) is 6.92 Å². The minimum absolute atomic E-state index is 0.762. The van der Waals surface area contributed by atoms with Crippen molar-refractivity contribution in [2.24, 2.45) is 5.92 Å². The first-order chi connectivity index (χ1) is 5.83. The Kier molecular flexibility index (Phi) is 4.25. The molecule has 0 saturated carbocycles. The Labute approximate surface area is 78.0 Å². The summed E-state index contributed by atoms with van der Waals surface area (Å²) >= 11 is 1.75. The molecule has 0 aliphatic carbocycles. The number of rotatable bonds is 5. The molecule has 0 spiro atoms. The molecule has 3 heteroatoms. The number of thiazole rings is 1. The Morgan fingerprint density at radius 2 is 2.50 bits per heavy atom. The van der Waals surface area contributed by atoms with Crippen LogP contribution in [-0.2, 0) is 6.42 Å². The highest BCUT2D eigenvalue weighted by Crippen LogP contribution is 2.14. The molecule has 1 N–H and O–H groups in total. The number of hydrogen-bond donors (Lipinski definition) is 1. The van der Waals surface area contributed by atoms with Gasteiger partial charge in [0.05, 0.1) is 5.51 Å². The van der Waals surface area contributed by atoms with Crippen molar-refractivity contribution in [1.82, 2.24) is 10.3 Å². The molecule has 0 bridgehead atoms. The van der Waals surface area contributed by atoms with E-state index < -0.39 is 0 Å². The molecule has 0 amide bonds. The Bertz CT molecular complexity index is 196. The van der Waals surface area contributed by atoms with Gasteiger partial charge < -0.3 is 5.32 Å². The second-order valence-electron chi connectivity index (χ2n) is 3.17. The molecule has 1 rings (SSSR count). The molecule has 12 heavy (non-hydrogen) atoms. The summed E-state index contributed by atoms with van der Waals surface area (Å²) in [5.74, 6) is 0.762. The normalized spacial score (nSPS) is 13.2. The third kappa shape index (κ3) is 3.32. The van der Waals surface area contributed by atoms with Crippen molar-refractivity contribution >= 4 is 11.3 Å². The first-order valence-corrected chi connectivity index (χ1v) is 5.23. The lowest BCUT2D eigenvalue weighted by atomic mass is 10.0. The first kappa shape index (κ1) is 9.68. The van der Waals surface area contributed by atoms with Crippen LogP contribution in [0.5, 0.6) is 0 Å². The van der Waals surface area contributed by atoms with Crippen LogP contribution in [0, 0.1) is 5.92 Å². The molecule has 1 unspecified atom stereocenters. The summed E-state index contributed by atoms with van der Waals surface area (Å²) in [6.45, 7) is 3.40. The van der Waals surface area contributed by atoms with Gasteiger partial charge in [0.25, 0.3) is 0 Å². The van der Waals surface area contributed by atoms with Crippen LogP contribution in [-0.4, -0.2) is 18.6 Å². The van der Waals surface area contributed by atoms with E-state index in [1.165, 1.54) is 17.7 Å². The smallest absolute Gasteiger partial charge is 0.0794 e. The average molecular weight is 184 g/mol. The molecule has 0 radical (unpaired) electrons. The lowest BCUT2D eigenvalue weighted by Gasteiger charge is -2.08. The molecule has 2 nitrogen and oxygen atoms in total. The van der Waals surface area contributed by atoms with E-state index in [4.69, 9.17) is 0 Å². The van der Waals surface area contributed by atoms with Gasteiger partial charge in [-0.2, -0.15) is 0 Å². The molecule has 1 aromatic heterocycles. The third-order valence-corrected chi connectivity index (χ3v) is 2.72. The van der Waals surface area contributed by atoms with Crippen LogP contribution in [0.4, 0.5) is 0 Å². The van der Waals surface area contributed by atoms with Crippen molar-refractivity contribution < 1.29 is 0 Å². The second-order valence-corrected chi connectivity index (χ2v) is 4.14. The monoisotopic (exact) mass is 184 g/mol. The van der Waals surface area contributed by atoms with Crippen LogP contribution in [0.15, 0.2) is 11.7 Å². The highest BCUT2D eigenvalue weighted by Gasteiger charge is 2.03. The fourth-order valence-corrected chi connectivity index (χ4v) is 1.94. The molecule has 0 fully saturated rings. The number of aromatic nitrogens is 1. The van der Waals surface area contributed by atoms with Gasteiger partial charge in [0.15, 0.2) is 0 Å². The highest BCUT2D eigenvalue weighted by atomic mass is 32.1. The third-order valence-electron chi connectivity index (χ3n) is 1.92. The maximum Gasteiger partial charge on any atom is 0.0794 e. The summed E-state index contributed by atoms with van der Waals surface area (Å²) in [4.78, 5) is 5.46. The molecule has 0 aromatic carbocycles. The van der Waals surface area contributed by atoms with E-state index in [0.717, 1.165) is 12.5 Å². The summed E-state index contributed by atoms with van der Waals surface area (Å²) in [5.41, 5.74) is 1.90. The number of hydrogen-bond acceptors (Lipinski definition) is 3. The molecule has 68 valence electrons. The van der Waals surface area contributed by atoms with E-state index >= 15 is 0 Å². The Hall–Kier alpha value is -0.410. The van der Waals surface area contributed by atoms with Gasteiger partial charge in [0, 0.05) is 11.1 Å². The fraction of sp³-hybridized carbons (Fsp3) is 0.667. The average Bonchev–Trinajstić information content (AvgIpc) is 2.53. The van der Waals surface area contributed by atoms with Crippen molar-refractivity contribution in [2.45, 2.75) is 19.8 Å². The lowest BCUT2D eigenvalue weighted by molar-refractivity contribution is 0.518. The van der Waals surface area contributed by atoms with E-state index in [1.54, 1.807) is 11.3 Å². The Morgan fingerprint density at radius 1 is 1.67 bits per heavy atom. The molecule has 0 saturated heterocycles. The van der Waals surface area contributed by atoms with E-state index in [9.17, 15) is 0 Å². The largest absolute Gasteiger partial charge is 0.320 e. The maximum atomic E-state index is 4.06. The minimum atomic E-state index is 0.762. The van der Waals surface area contributed by atoms with Gasteiger partial charge in [-0.25, -0.2) is 0 Å². The Morgan fingerprint density at radius 3 is 3.08 bits per heavy atom. The lowest BCUT2D eigenvalue weighted by Crippen LogP contribution is -2.12. The highest BCUT2D eigenvalue weighted by molar-refractivity contribution is 7.09. The molecule has 0 aliphatic heterocycles. The quantitative estimate of drug-likeness (QED) is 0.756. The fourth-order valence-electron chi connectivity index (χ4n) is 1.18. The minimum Gasteiger partial charge on any atom is -0.320 e. The Balaban J connectivity index is 2.22. The van der Waals surface area contributed by atoms with E-state index in [-0.39, 0.29) is 0 Å². The standard InChI is InChI=1S/C9H16N2S/c1-8(3-4-10-2)5-9-6-11-7-12-9/h6-8,10H,3-5H2,1-2H3. The zero-order valence-electron chi connectivity index (χ0n) is 7.71. The van der Waals surface area contributed by atoms with Crippen molar-refractivity contribution in [2.75, 3.05) is 13.6 Å². The summed E-state index contributed by atoms with van der Waals surface area (Å²) in [5, 5.41) is 3.17. The van der Waals surface area contributed by atoms with Gasteiger partial charge in [-0.05, 0) is 32.4 Å². The molecule has 1 aromatic rings. The number of nitrogens with one attached hydrogen (secondary N) is 1. The van der Waals surface area contributed by atoms with E-state index in [0.29, 0.717) is 0 Å². The predicted octanol–water partition coefficient (Wildman–Crippen LogP) is 1.93. The van der Waals surface area contributed by atoms with Crippen LogP contribution < -0.4 is 5.32 Å². The first-order valence-electron chi connectivity index (χ1n) is 4.35. The molecule has 0 aliphatic rings. The summed E-state index contributed by atoms with van der Waals surface area (Å²) in [6.07, 6.45) is 4.39. The van der Waals surface area contributed by atoms with Crippen LogP contribution in [0.3, 0.4) is 0 Å². The van der Waals surface area contributed by atoms with Gasteiger partial charge >= 0.3 is 0 Å². The summed E-state index contributed by atoms with van der Waals surface area (Å²) < 4.78 is 0. The van der Waals surface area contributed by atoms with Crippen LogP contribution in [0.25, 0.3) is 0 Å². The van der Waals surface area contributed by atoms with Crippen molar-refractivity contribution in [3.63, 3.8) is 0 Å². The van der Waals surface area contributed by atoms with Gasteiger partial charge in [0.1, 0.15) is 0 Å². The zero-order valence-corrected chi connectivity index (χ0v) is 8.53. The second kappa shape index (κ2) is 5.27. The molecule has 1 heterocycles. The van der Waals surface area contributed by atoms with Crippen LogP contribution in [0.1, 0.15) is 18.2 Å². The van der Waals surface area contributed by atoms with Gasteiger partial charge in [-0.15, -0.1) is 11.3 Å². The van der Waals surface area contributed by atoms with Gasteiger partial charge in [-0.3, -0.25) is 4.98 Å². The predicted molar refractivity (Wildman–Crippen MR) is 53.5 cm³/mol. The maximum absolute atomic E-state index is 4.06. The van der Waals surface area contributed by atoms with Crippen molar-refractivity contribution in [1.29, 1.82) is 0 Å². The van der Waals surface area contributed by atoms with Crippen LogP contribution in [0.2, 0.25) is 0 Å². The van der Waals surface area contributed by atoms with Crippen molar-refractivity contribution in [3.8, 4) is 0 Å². The zero-order chi connectivity index (χ0) is 8.81. The number of nitrogens with zero attached hydrogens (tertiary/aromatic N) is 1. The SMILES string of the molecule is CNCCC(C)Cc1cncs1. The molecule has 1 atom stereocenters. The molecular formula is C9H16N2S. The summed E-state index contributed by atoms with van der Waals surface area (Å²) in [6, 6.07) is 0. The van der Waals surface area contributed by atoms with Gasteiger partial charge in [0.2, 0.25) is 0 Å². The molecular weight excluding hydrogens is 168 g/mol. The van der Waals surface area contributed by atoms with E-state index in [1.807, 2.05) is 18.8 Å².